The van der Waals surface area contributed by atoms with Crippen molar-refractivity contribution in [2.24, 2.45) is 0 Å². The number of esters is 3. The van der Waals surface area contributed by atoms with Crippen LogP contribution in [0.3, 0.4) is 0 Å². The number of allylic oxidation sites excluding steroid dienone is 8. The zero-order chi connectivity index (χ0) is 53.3. The first-order valence-corrected chi connectivity index (χ1v) is 29.6. The highest BCUT2D eigenvalue weighted by molar-refractivity contribution is 5.74. The Kier molecular flexibility index (Phi) is 45.9. The molecule has 1 rings (SSSR count). The molecule has 0 amide bonds. The van der Waals surface area contributed by atoms with Crippen molar-refractivity contribution >= 4 is 23.9 Å². The van der Waals surface area contributed by atoms with Crippen LogP contribution >= 0.6 is 0 Å². The van der Waals surface area contributed by atoms with Gasteiger partial charge in [0, 0.05) is 19.3 Å². The van der Waals surface area contributed by atoms with Crippen LogP contribution in [-0.4, -0.2) is 89.2 Å². The molecule has 3 N–H and O–H groups in total. The average molecular weight is 1030 g/mol. The van der Waals surface area contributed by atoms with Crippen LogP contribution < -0.4 is 0 Å². The monoisotopic (exact) mass is 1030 g/mol. The SMILES string of the molecule is CCCCC/C=C\C/C=C\C/C=C\CCCCCCCCC(=O)OCC(COC1OC(C(=O)O)C(O)C(O)C1OC(=O)CCCCCCC/C=C\CCCCCC)OC(=O)CCCCCCCCCCCCC. The molecule has 0 saturated carbocycles. The standard InChI is InChI=1S/C61H106O12/c1-4-7-10-13-16-19-22-24-25-26-27-28-29-31-33-35-38-41-44-47-53(62)69-50-52(71-54(63)48-45-42-39-36-32-21-18-15-12-9-6-3)51-70-61-59(57(66)56(65)58(73-61)60(67)68)72-55(64)49-46-43-40-37-34-30-23-20-17-14-11-8-5-2/h16,19-20,23-25,27-28,52,56-59,61,65-66H,4-15,17-18,21-22,26,29-51H2,1-3H3,(H,67,68)/b19-16-,23-20-,25-24-,28-27-. The van der Waals surface area contributed by atoms with Gasteiger partial charge in [-0.3, -0.25) is 14.4 Å². The van der Waals surface area contributed by atoms with Crippen molar-refractivity contribution in [2.45, 2.75) is 302 Å². The Balaban J connectivity index is 2.67. The van der Waals surface area contributed by atoms with Gasteiger partial charge in [0.15, 0.2) is 24.6 Å². The van der Waals surface area contributed by atoms with Crippen LogP contribution in [0, 0.1) is 0 Å². The molecule has 1 fully saturated rings. The fourth-order valence-corrected chi connectivity index (χ4v) is 8.78. The van der Waals surface area contributed by atoms with Crippen LogP contribution in [-0.2, 0) is 42.9 Å². The third kappa shape index (κ3) is 39.7. The second-order valence-electron chi connectivity index (χ2n) is 20.3. The second kappa shape index (κ2) is 49.6. The fraction of sp³-hybridized carbons (Fsp3) is 0.803. The number of carboxylic acids is 1. The molecule has 0 radical (unpaired) electrons. The molecule has 422 valence electrons. The van der Waals surface area contributed by atoms with Crippen LogP contribution in [0.5, 0.6) is 0 Å². The zero-order valence-corrected chi connectivity index (χ0v) is 46.4. The van der Waals surface area contributed by atoms with Gasteiger partial charge < -0.3 is 39.0 Å². The van der Waals surface area contributed by atoms with Crippen molar-refractivity contribution in [2.75, 3.05) is 13.2 Å². The summed E-state index contributed by atoms with van der Waals surface area (Å²) in [6.45, 7) is 5.93. The Morgan fingerprint density at radius 2 is 0.822 bits per heavy atom. The van der Waals surface area contributed by atoms with Crippen molar-refractivity contribution in [3.63, 3.8) is 0 Å². The molecular weight excluding hydrogens is 925 g/mol. The first kappa shape index (κ1) is 67.7. The van der Waals surface area contributed by atoms with Crippen molar-refractivity contribution < 1.29 is 58.2 Å². The molecule has 0 aromatic heterocycles. The number of aliphatic hydroxyl groups is 2. The number of hydrogen-bond acceptors (Lipinski definition) is 11. The minimum absolute atomic E-state index is 0.0507. The highest BCUT2D eigenvalue weighted by Gasteiger charge is 2.50. The summed E-state index contributed by atoms with van der Waals surface area (Å²) in [6.07, 6.45) is 46.5. The van der Waals surface area contributed by atoms with E-state index in [1.807, 2.05) is 0 Å². The van der Waals surface area contributed by atoms with Crippen molar-refractivity contribution in [3.05, 3.63) is 48.6 Å². The van der Waals surface area contributed by atoms with E-state index in [2.05, 4.69) is 69.4 Å². The lowest BCUT2D eigenvalue weighted by Gasteiger charge is -2.40. The van der Waals surface area contributed by atoms with Crippen molar-refractivity contribution in [1.82, 2.24) is 0 Å². The summed E-state index contributed by atoms with van der Waals surface area (Å²) in [7, 11) is 0. The Morgan fingerprint density at radius 3 is 1.30 bits per heavy atom. The predicted octanol–water partition coefficient (Wildman–Crippen LogP) is 15.0. The van der Waals surface area contributed by atoms with Gasteiger partial charge in [0.05, 0.1) is 6.61 Å². The molecular formula is C61H106O12. The molecule has 1 saturated heterocycles. The quantitative estimate of drug-likeness (QED) is 0.0228. The molecule has 12 nitrogen and oxygen atoms in total. The van der Waals surface area contributed by atoms with Gasteiger partial charge in [0.2, 0.25) is 0 Å². The number of carbonyl (C=O) groups is 4. The van der Waals surface area contributed by atoms with Crippen molar-refractivity contribution in [3.8, 4) is 0 Å². The summed E-state index contributed by atoms with van der Waals surface area (Å²) in [5, 5.41) is 31.4. The van der Waals surface area contributed by atoms with Crippen LogP contribution in [0.2, 0.25) is 0 Å². The smallest absolute Gasteiger partial charge is 0.335 e. The van der Waals surface area contributed by atoms with E-state index in [9.17, 15) is 34.5 Å². The van der Waals surface area contributed by atoms with E-state index in [1.165, 1.54) is 96.3 Å². The normalized spacial score (nSPS) is 18.6. The molecule has 0 aromatic carbocycles. The number of ether oxygens (including phenoxy) is 5. The molecule has 0 spiro atoms. The molecule has 6 atom stereocenters. The number of carbonyl (C=O) groups excluding carboxylic acids is 3. The summed E-state index contributed by atoms with van der Waals surface area (Å²) in [5.74, 6) is -3.13. The lowest BCUT2D eigenvalue weighted by molar-refractivity contribution is -0.301. The van der Waals surface area contributed by atoms with Crippen LogP contribution in [0.15, 0.2) is 48.6 Å². The Labute approximate surface area is 443 Å². The van der Waals surface area contributed by atoms with Gasteiger partial charge in [-0.1, -0.05) is 211 Å². The molecule has 0 aliphatic carbocycles. The number of unbranched alkanes of at least 4 members (excludes halogenated alkanes) is 28. The van der Waals surface area contributed by atoms with E-state index in [0.29, 0.717) is 19.3 Å². The number of carboxylic acid groups (broad SMARTS) is 1. The first-order chi connectivity index (χ1) is 35.6. The van der Waals surface area contributed by atoms with E-state index in [1.54, 1.807) is 0 Å². The topological polar surface area (TPSA) is 175 Å². The molecule has 12 heteroatoms. The van der Waals surface area contributed by atoms with Gasteiger partial charge in [-0.25, -0.2) is 4.79 Å². The maximum absolute atomic E-state index is 13.1. The van der Waals surface area contributed by atoms with Crippen molar-refractivity contribution in [1.29, 1.82) is 0 Å². The summed E-state index contributed by atoms with van der Waals surface area (Å²) in [5.41, 5.74) is 0. The third-order valence-corrected chi connectivity index (χ3v) is 13.4. The number of rotatable bonds is 50. The van der Waals surface area contributed by atoms with Gasteiger partial charge in [-0.05, 0) is 83.5 Å². The minimum atomic E-state index is -1.90. The maximum atomic E-state index is 13.1. The summed E-state index contributed by atoms with van der Waals surface area (Å²) < 4.78 is 28.4. The molecule has 1 aliphatic rings. The number of aliphatic hydroxyl groups excluding tert-OH is 2. The van der Waals surface area contributed by atoms with Crippen LogP contribution in [0.1, 0.15) is 265 Å². The van der Waals surface area contributed by atoms with E-state index in [-0.39, 0.29) is 25.9 Å². The van der Waals surface area contributed by atoms with E-state index < -0.39 is 67.3 Å². The van der Waals surface area contributed by atoms with Gasteiger partial charge >= 0.3 is 23.9 Å². The number of aliphatic carboxylic acids is 1. The first-order valence-electron chi connectivity index (χ1n) is 29.6. The largest absolute Gasteiger partial charge is 0.479 e. The lowest BCUT2D eigenvalue weighted by atomic mass is 9.98. The molecule has 0 bridgehead atoms. The van der Waals surface area contributed by atoms with Crippen LogP contribution in [0.4, 0.5) is 0 Å². The minimum Gasteiger partial charge on any atom is -0.479 e. The van der Waals surface area contributed by atoms with E-state index in [0.717, 1.165) is 109 Å². The van der Waals surface area contributed by atoms with Gasteiger partial charge in [-0.2, -0.15) is 0 Å². The summed E-state index contributed by atoms with van der Waals surface area (Å²) >= 11 is 0. The molecule has 73 heavy (non-hydrogen) atoms. The summed E-state index contributed by atoms with van der Waals surface area (Å²) in [4.78, 5) is 51.0. The Bertz CT molecular complexity index is 1460. The predicted molar refractivity (Wildman–Crippen MR) is 294 cm³/mol. The van der Waals surface area contributed by atoms with Gasteiger partial charge in [0.25, 0.3) is 0 Å². The summed E-state index contributed by atoms with van der Waals surface area (Å²) in [6, 6.07) is 0. The molecule has 1 heterocycles. The Hall–Kier alpha value is -3.32. The Morgan fingerprint density at radius 1 is 0.452 bits per heavy atom. The fourth-order valence-electron chi connectivity index (χ4n) is 8.78. The molecule has 1 aliphatic heterocycles. The second-order valence-corrected chi connectivity index (χ2v) is 20.3. The van der Waals surface area contributed by atoms with Crippen LogP contribution in [0.25, 0.3) is 0 Å². The van der Waals surface area contributed by atoms with E-state index in [4.69, 9.17) is 23.7 Å². The molecule has 6 unspecified atom stereocenters. The maximum Gasteiger partial charge on any atom is 0.335 e. The molecule has 0 aromatic rings. The average Bonchev–Trinajstić information content (AvgIpc) is 3.37. The zero-order valence-electron chi connectivity index (χ0n) is 46.4. The highest BCUT2D eigenvalue weighted by Crippen LogP contribution is 2.26. The van der Waals surface area contributed by atoms with E-state index >= 15 is 0 Å². The lowest BCUT2D eigenvalue weighted by Crippen LogP contribution is -2.61. The number of hydrogen-bond donors (Lipinski definition) is 3. The van der Waals surface area contributed by atoms with Gasteiger partial charge in [-0.15, -0.1) is 0 Å². The third-order valence-electron chi connectivity index (χ3n) is 13.4. The van der Waals surface area contributed by atoms with Gasteiger partial charge in [0.1, 0.15) is 18.8 Å². The highest BCUT2D eigenvalue weighted by atomic mass is 16.7.